The molecule has 0 fully saturated rings. The molecule has 0 unspecified atom stereocenters. The van der Waals surface area contributed by atoms with Crippen molar-refractivity contribution in [2.45, 2.75) is 0 Å². The van der Waals surface area contributed by atoms with Gasteiger partial charge in [-0.25, -0.2) is 8.78 Å². The SMILES string of the molecule is O=C(/C=C\c1c(F)cccc1Cl)/C=C/c1c(F)cccc1Cl. The standard InChI is InChI=1S/C17H10Cl2F2O/c18-14-3-1-5-16(20)12(14)9-7-11(22)8-10-13-15(19)4-2-6-17(13)21/h1-10H/b9-7-,10-8+. The molecule has 0 aliphatic rings. The molecular weight excluding hydrogens is 329 g/mol. The van der Waals surface area contributed by atoms with Gasteiger partial charge >= 0.3 is 0 Å². The predicted octanol–water partition coefficient (Wildman–Crippen LogP) is 5.57. The van der Waals surface area contributed by atoms with E-state index in [1.165, 1.54) is 48.6 Å². The van der Waals surface area contributed by atoms with Gasteiger partial charge < -0.3 is 0 Å². The highest BCUT2D eigenvalue weighted by Crippen LogP contribution is 2.21. The van der Waals surface area contributed by atoms with Gasteiger partial charge in [0.2, 0.25) is 0 Å². The molecule has 112 valence electrons. The normalized spacial score (nSPS) is 11.5. The van der Waals surface area contributed by atoms with Crippen LogP contribution in [0.2, 0.25) is 10.0 Å². The third-order valence-electron chi connectivity index (χ3n) is 2.83. The fourth-order valence-electron chi connectivity index (χ4n) is 1.73. The van der Waals surface area contributed by atoms with Crippen molar-refractivity contribution in [1.29, 1.82) is 0 Å². The zero-order valence-corrected chi connectivity index (χ0v) is 12.7. The lowest BCUT2D eigenvalue weighted by Gasteiger charge is -1.99. The summed E-state index contributed by atoms with van der Waals surface area (Å²) in [5.41, 5.74) is 0.240. The third kappa shape index (κ3) is 4.03. The number of benzene rings is 2. The molecular formula is C17H10Cl2F2O. The number of rotatable bonds is 4. The van der Waals surface area contributed by atoms with E-state index in [2.05, 4.69) is 0 Å². The molecule has 0 aliphatic carbocycles. The topological polar surface area (TPSA) is 17.1 Å². The summed E-state index contributed by atoms with van der Waals surface area (Å²) in [7, 11) is 0. The molecule has 0 amide bonds. The van der Waals surface area contributed by atoms with Crippen LogP contribution >= 0.6 is 23.2 Å². The minimum absolute atomic E-state index is 0.120. The average molecular weight is 339 g/mol. The molecule has 0 aromatic heterocycles. The van der Waals surface area contributed by atoms with Crippen LogP contribution in [0.4, 0.5) is 8.78 Å². The highest BCUT2D eigenvalue weighted by molar-refractivity contribution is 6.32. The van der Waals surface area contributed by atoms with E-state index in [0.717, 1.165) is 12.2 Å². The molecule has 2 rings (SSSR count). The molecule has 5 heteroatoms. The number of ketones is 1. The van der Waals surface area contributed by atoms with E-state index in [1.807, 2.05) is 0 Å². The summed E-state index contributed by atoms with van der Waals surface area (Å²) >= 11 is 11.7. The zero-order chi connectivity index (χ0) is 16.1. The molecule has 0 heterocycles. The summed E-state index contributed by atoms with van der Waals surface area (Å²) < 4.78 is 27.1. The van der Waals surface area contributed by atoms with Crippen molar-refractivity contribution in [1.82, 2.24) is 0 Å². The number of allylic oxidation sites excluding steroid dienone is 2. The van der Waals surface area contributed by atoms with E-state index in [9.17, 15) is 13.6 Å². The first-order valence-corrected chi connectivity index (χ1v) is 7.03. The molecule has 0 saturated carbocycles. The Balaban J connectivity index is 2.17. The Bertz CT molecular complexity index is 663. The fourth-order valence-corrected chi connectivity index (χ4v) is 2.18. The first-order valence-electron chi connectivity index (χ1n) is 6.27. The smallest absolute Gasteiger partial charge is 0.178 e. The summed E-state index contributed by atoms with van der Waals surface area (Å²) in [6, 6.07) is 8.46. The lowest BCUT2D eigenvalue weighted by atomic mass is 10.1. The fraction of sp³-hybridized carbons (Fsp3) is 0. The van der Waals surface area contributed by atoms with Crippen molar-refractivity contribution in [3.8, 4) is 0 Å². The Kier molecular flexibility index (Phi) is 5.47. The molecule has 22 heavy (non-hydrogen) atoms. The van der Waals surface area contributed by atoms with Crippen molar-refractivity contribution in [2.75, 3.05) is 0 Å². The van der Waals surface area contributed by atoms with Gasteiger partial charge in [-0.15, -0.1) is 0 Å². The van der Waals surface area contributed by atoms with Crippen molar-refractivity contribution in [2.24, 2.45) is 0 Å². The second kappa shape index (κ2) is 7.34. The maximum absolute atomic E-state index is 13.5. The van der Waals surface area contributed by atoms with Crippen LogP contribution in [-0.2, 0) is 4.79 Å². The van der Waals surface area contributed by atoms with Crippen LogP contribution < -0.4 is 0 Å². The van der Waals surface area contributed by atoms with Crippen LogP contribution in [-0.4, -0.2) is 5.78 Å². The number of hydrogen-bond donors (Lipinski definition) is 0. The Labute approximate surface area is 136 Å². The molecule has 1 nitrogen and oxygen atoms in total. The monoisotopic (exact) mass is 338 g/mol. The molecule has 0 radical (unpaired) electrons. The highest BCUT2D eigenvalue weighted by atomic mass is 35.5. The lowest BCUT2D eigenvalue weighted by molar-refractivity contribution is -0.110. The molecule has 0 spiro atoms. The van der Waals surface area contributed by atoms with Crippen molar-refractivity contribution in [3.63, 3.8) is 0 Å². The van der Waals surface area contributed by atoms with E-state index >= 15 is 0 Å². The second-order valence-electron chi connectivity index (χ2n) is 4.34. The van der Waals surface area contributed by atoms with Gasteiger partial charge in [-0.3, -0.25) is 4.79 Å². The molecule has 0 N–H and O–H groups in total. The number of hydrogen-bond acceptors (Lipinski definition) is 1. The van der Waals surface area contributed by atoms with Crippen LogP contribution in [0.25, 0.3) is 12.2 Å². The van der Waals surface area contributed by atoms with Gasteiger partial charge in [-0.05, 0) is 48.6 Å². The van der Waals surface area contributed by atoms with Gasteiger partial charge in [0, 0.05) is 11.1 Å². The first kappa shape index (κ1) is 16.4. The number of halogens is 4. The molecule has 0 saturated heterocycles. The van der Waals surface area contributed by atoms with Crippen molar-refractivity contribution < 1.29 is 13.6 Å². The van der Waals surface area contributed by atoms with Gasteiger partial charge in [0.1, 0.15) is 11.6 Å². The largest absolute Gasteiger partial charge is 0.290 e. The van der Waals surface area contributed by atoms with E-state index in [0.29, 0.717) is 0 Å². The molecule has 2 aromatic carbocycles. The molecule has 0 atom stereocenters. The van der Waals surface area contributed by atoms with Crippen LogP contribution in [0.1, 0.15) is 11.1 Å². The summed E-state index contributed by atoms with van der Waals surface area (Å²) in [4.78, 5) is 11.7. The van der Waals surface area contributed by atoms with Crippen LogP contribution in [0.3, 0.4) is 0 Å². The summed E-state index contributed by atoms with van der Waals surface area (Å²) in [6.07, 6.45) is 4.84. The van der Waals surface area contributed by atoms with Gasteiger partial charge in [0.25, 0.3) is 0 Å². The molecule has 0 bridgehead atoms. The summed E-state index contributed by atoms with van der Waals surface area (Å²) in [6.45, 7) is 0. The lowest BCUT2D eigenvalue weighted by Crippen LogP contribution is -1.89. The Morgan fingerprint density at radius 3 is 1.59 bits per heavy atom. The second-order valence-corrected chi connectivity index (χ2v) is 5.15. The maximum Gasteiger partial charge on any atom is 0.178 e. The van der Waals surface area contributed by atoms with Crippen molar-refractivity contribution >= 4 is 41.1 Å². The van der Waals surface area contributed by atoms with Crippen molar-refractivity contribution in [3.05, 3.63) is 81.4 Å². The van der Waals surface area contributed by atoms with Crippen LogP contribution in [0, 0.1) is 11.6 Å². The van der Waals surface area contributed by atoms with Gasteiger partial charge in [0.05, 0.1) is 10.0 Å². The highest BCUT2D eigenvalue weighted by Gasteiger charge is 2.05. The van der Waals surface area contributed by atoms with E-state index in [1.54, 1.807) is 0 Å². The quantitative estimate of drug-likeness (QED) is 0.666. The predicted molar refractivity (Wildman–Crippen MR) is 85.9 cm³/mol. The van der Waals surface area contributed by atoms with Gasteiger partial charge in [0.15, 0.2) is 5.78 Å². The number of carbonyl (C=O) groups is 1. The molecule has 2 aromatic rings. The van der Waals surface area contributed by atoms with E-state index in [-0.39, 0.29) is 21.2 Å². The zero-order valence-electron chi connectivity index (χ0n) is 11.2. The van der Waals surface area contributed by atoms with Crippen LogP contribution in [0.5, 0.6) is 0 Å². The average Bonchev–Trinajstić information content (AvgIpc) is 2.46. The summed E-state index contributed by atoms with van der Waals surface area (Å²) in [5.74, 6) is -1.51. The third-order valence-corrected chi connectivity index (χ3v) is 3.49. The van der Waals surface area contributed by atoms with Gasteiger partial charge in [-0.1, -0.05) is 35.3 Å². The minimum atomic E-state index is -0.530. The Morgan fingerprint density at radius 1 is 0.818 bits per heavy atom. The van der Waals surface area contributed by atoms with Crippen LogP contribution in [0.15, 0.2) is 48.6 Å². The Hall–Kier alpha value is -1.97. The first-order chi connectivity index (χ1) is 10.5. The maximum atomic E-state index is 13.5. The Morgan fingerprint density at radius 2 is 1.23 bits per heavy atom. The van der Waals surface area contributed by atoms with Gasteiger partial charge in [-0.2, -0.15) is 0 Å². The van der Waals surface area contributed by atoms with E-state index in [4.69, 9.17) is 23.2 Å². The summed E-state index contributed by atoms with van der Waals surface area (Å²) in [5, 5.41) is 0.398. The minimum Gasteiger partial charge on any atom is -0.290 e. The number of carbonyl (C=O) groups excluding carboxylic acids is 1. The molecule has 0 aliphatic heterocycles. The van der Waals surface area contributed by atoms with E-state index < -0.39 is 17.4 Å².